The summed E-state index contributed by atoms with van der Waals surface area (Å²) in [6, 6.07) is 14.2. The van der Waals surface area contributed by atoms with Crippen molar-refractivity contribution in [3.63, 3.8) is 0 Å². The van der Waals surface area contributed by atoms with Crippen LogP contribution in [-0.2, 0) is 16.1 Å². The molecule has 0 spiro atoms. The molecule has 0 unspecified atom stereocenters. The summed E-state index contributed by atoms with van der Waals surface area (Å²) in [5.74, 6) is -0.134. The second-order valence-corrected chi connectivity index (χ2v) is 7.54. The second-order valence-electron chi connectivity index (χ2n) is 5.65. The van der Waals surface area contributed by atoms with E-state index in [4.69, 9.17) is 23.2 Å². The molecule has 26 heavy (non-hydrogen) atoms. The van der Waals surface area contributed by atoms with E-state index in [1.807, 2.05) is 30.3 Å². The zero-order chi connectivity index (χ0) is 19.1. The fraction of sp³-hybridized carbons (Fsp3) is 0.263. The summed E-state index contributed by atoms with van der Waals surface area (Å²) in [4.78, 5) is 27.4. The van der Waals surface area contributed by atoms with Gasteiger partial charge in [-0.15, -0.1) is 11.8 Å². The molecule has 4 nitrogen and oxygen atoms in total. The summed E-state index contributed by atoms with van der Waals surface area (Å²) < 4.78 is 0. The molecule has 0 fully saturated rings. The van der Waals surface area contributed by atoms with E-state index in [9.17, 15) is 9.59 Å². The molecule has 0 bridgehead atoms. The molecule has 0 aliphatic heterocycles. The zero-order valence-electron chi connectivity index (χ0n) is 14.5. The number of nitrogens with zero attached hydrogens (tertiary/aromatic N) is 1. The third-order valence-corrected chi connectivity index (χ3v) is 5.46. The summed E-state index contributed by atoms with van der Waals surface area (Å²) in [5, 5.41) is 3.58. The number of halogens is 2. The number of benzene rings is 2. The largest absolute Gasteiger partial charge is 0.357 e. The number of thioether (sulfide) groups is 1. The number of hydrogen-bond donors (Lipinski definition) is 1. The molecule has 1 N–H and O–H groups in total. The van der Waals surface area contributed by atoms with Gasteiger partial charge in [-0.3, -0.25) is 9.59 Å². The molecular formula is C19H20Cl2N2O2S. The maximum Gasteiger partial charge on any atom is 0.242 e. The molecule has 0 saturated heterocycles. The maximum absolute atomic E-state index is 12.8. The van der Waals surface area contributed by atoms with Gasteiger partial charge in [-0.05, 0) is 36.8 Å². The number of carbonyl (C=O) groups is 2. The first-order valence-corrected chi connectivity index (χ1v) is 9.79. The Bertz CT molecular complexity index is 771. The third-order valence-electron chi connectivity index (χ3n) is 3.88. The number of rotatable bonds is 7. The summed E-state index contributed by atoms with van der Waals surface area (Å²) >= 11 is 13.6. The van der Waals surface area contributed by atoms with Gasteiger partial charge in [0.1, 0.15) is 6.04 Å². The van der Waals surface area contributed by atoms with Crippen molar-refractivity contribution < 1.29 is 9.59 Å². The van der Waals surface area contributed by atoms with E-state index < -0.39 is 6.04 Å². The fourth-order valence-corrected chi connectivity index (χ4v) is 3.64. The average Bonchev–Trinajstić information content (AvgIpc) is 2.65. The highest BCUT2D eigenvalue weighted by atomic mass is 35.5. The van der Waals surface area contributed by atoms with Gasteiger partial charge < -0.3 is 10.2 Å². The monoisotopic (exact) mass is 410 g/mol. The Kier molecular flexibility index (Phi) is 7.82. The van der Waals surface area contributed by atoms with Crippen molar-refractivity contribution in [1.82, 2.24) is 10.2 Å². The van der Waals surface area contributed by atoms with Crippen LogP contribution in [-0.4, -0.2) is 35.6 Å². The third kappa shape index (κ3) is 5.66. The lowest BCUT2D eigenvalue weighted by molar-refractivity contribution is -0.138. The summed E-state index contributed by atoms with van der Waals surface area (Å²) in [5.41, 5.74) is 0.741. The molecule has 2 amide bonds. The molecule has 2 rings (SSSR count). The van der Waals surface area contributed by atoms with Gasteiger partial charge in [-0.1, -0.05) is 47.5 Å². The van der Waals surface area contributed by atoms with Crippen LogP contribution in [0.25, 0.3) is 0 Å². The van der Waals surface area contributed by atoms with Gasteiger partial charge in [0.2, 0.25) is 11.8 Å². The molecule has 138 valence electrons. The molecule has 2 aromatic carbocycles. The smallest absolute Gasteiger partial charge is 0.242 e. The normalized spacial score (nSPS) is 11.7. The Labute approximate surface area is 167 Å². The van der Waals surface area contributed by atoms with Crippen molar-refractivity contribution in [2.24, 2.45) is 0 Å². The van der Waals surface area contributed by atoms with Crippen molar-refractivity contribution in [1.29, 1.82) is 0 Å². The van der Waals surface area contributed by atoms with Gasteiger partial charge in [-0.25, -0.2) is 0 Å². The number of likely N-dealkylation sites (N-methyl/N-ethyl adjacent to an activating group) is 1. The van der Waals surface area contributed by atoms with E-state index in [0.717, 1.165) is 10.5 Å². The van der Waals surface area contributed by atoms with Gasteiger partial charge in [0, 0.05) is 28.5 Å². The average molecular weight is 411 g/mol. The quantitative estimate of drug-likeness (QED) is 0.693. The Hall–Kier alpha value is -1.69. The van der Waals surface area contributed by atoms with Crippen molar-refractivity contribution in [2.75, 3.05) is 12.8 Å². The van der Waals surface area contributed by atoms with Crippen LogP contribution in [0.3, 0.4) is 0 Å². The fourth-order valence-electron chi connectivity index (χ4n) is 2.37. The maximum atomic E-state index is 12.8. The molecule has 0 aliphatic carbocycles. The van der Waals surface area contributed by atoms with E-state index in [-0.39, 0.29) is 24.1 Å². The lowest BCUT2D eigenvalue weighted by atomic mass is 10.1. The summed E-state index contributed by atoms with van der Waals surface area (Å²) in [7, 11) is 1.55. The van der Waals surface area contributed by atoms with Crippen LogP contribution >= 0.6 is 35.0 Å². The van der Waals surface area contributed by atoms with E-state index in [1.54, 1.807) is 32.2 Å². The Morgan fingerprint density at radius 2 is 1.85 bits per heavy atom. The van der Waals surface area contributed by atoms with Crippen LogP contribution < -0.4 is 5.32 Å². The first-order chi connectivity index (χ1) is 12.4. The highest BCUT2D eigenvalue weighted by molar-refractivity contribution is 8.00. The van der Waals surface area contributed by atoms with E-state index in [1.165, 1.54) is 16.7 Å². The molecule has 0 radical (unpaired) electrons. The van der Waals surface area contributed by atoms with Gasteiger partial charge in [0.15, 0.2) is 0 Å². The van der Waals surface area contributed by atoms with Crippen LogP contribution in [0, 0.1) is 0 Å². The molecule has 7 heteroatoms. The predicted molar refractivity (Wildman–Crippen MR) is 108 cm³/mol. The SMILES string of the molecule is CNC(=O)[C@H](C)N(Cc1ccc(Cl)cc1Cl)C(=O)CSc1ccccc1. The molecule has 0 saturated carbocycles. The van der Waals surface area contributed by atoms with Crippen LogP contribution in [0.5, 0.6) is 0 Å². The molecular weight excluding hydrogens is 391 g/mol. The summed E-state index contributed by atoms with van der Waals surface area (Å²) in [6.45, 7) is 1.94. The van der Waals surface area contributed by atoms with E-state index in [0.29, 0.717) is 10.0 Å². The number of nitrogens with one attached hydrogen (secondary N) is 1. The Balaban J connectivity index is 2.16. The standard InChI is InChI=1S/C19H20Cl2N2O2S/c1-13(19(25)22-2)23(11-14-8-9-15(20)10-17(14)21)18(24)12-26-16-6-4-3-5-7-16/h3-10,13H,11-12H2,1-2H3,(H,22,25)/t13-/m0/s1. The van der Waals surface area contributed by atoms with E-state index in [2.05, 4.69) is 5.32 Å². The predicted octanol–water partition coefficient (Wildman–Crippen LogP) is 4.25. The van der Waals surface area contributed by atoms with Crippen LogP contribution in [0.4, 0.5) is 0 Å². The lowest BCUT2D eigenvalue weighted by Gasteiger charge is -2.28. The van der Waals surface area contributed by atoms with Crippen molar-refractivity contribution in [3.05, 3.63) is 64.1 Å². The zero-order valence-corrected chi connectivity index (χ0v) is 16.9. The molecule has 0 heterocycles. The van der Waals surface area contributed by atoms with Crippen molar-refractivity contribution in [2.45, 2.75) is 24.4 Å². The Morgan fingerprint density at radius 3 is 2.46 bits per heavy atom. The first kappa shape index (κ1) is 20.6. The number of carbonyl (C=O) groups excluding carboxylic acids is 2. The molecule has 0 aromatic heterocycles. The minimum Gasteiger partial charge on any atom is -0.357 e. The van der Waals surface area contributed by atoms with Gasteiger partial charge in [0.05, 0.1) is 5.75 Å². The molecule has 0 aliphatic rings. The summed E-state index contributed by atoms with van der Waals surface area (Å²) in [6.07, 6.45) is 0. The topological polar surface area (TPSA) is 49.4 Å². The van der Waals surface area contributed by atoms with Crippen molar-refractivity contribution >= 4 is 46.8 Å². The first-order valence-electron chi connectivity index (χ1n) is 8.05. The lowest BCUT2D eigenvalue weighted by Crippen LogP contribution is -2.47. The highest BCUT2D eigenvalue weighted by Gasteiger charge is 2.26. The number of hydrogen-bond acceptors (Lipinski definition) is 3. The minimum atomic E-state index is -0.615. The highest BCUT2D eigenvalue weighted by Crippen LogP contribution is 2.24. The number of amides is 2. The van der Waals surface area contributed by atoms with Crippen LogP contribution in [0.1, 0.15) is 12.5 Å². The van der Waals surface area contributed by atoms with Gasteiger partial charge in [-0.2, -0.15) is 0 Å². The van der Waals surface area contributed by atoms with Gasteiger partial charge in [0.25, 0.3) is 0 Å². The minimum absolute atomic E-state index is 0.138. The van der Waals surface area contributed by atoms with Gasteiger partial charge >= 0.3 is 0 Å². The molecule has 1 atom stereocenters. The second kappa shape index (κ2) is 9.86. The van der Waals surface area contributed by atoms with Crippen molar-refractivity contribution in [3.8, 4) is 0 Å². The van der Waals surface area contributed by atoms with Crippen LogP contribution in [0.2, 0.25) is 10.0 Å². The van der Waals surface area contributed by atoms with E-state index >= 15 is 0 Å². The Morgan fingerprint density at radius 1 is 1.15 bits per heavy atom. The molecule has 2 aromatic rings. The van der Waals surface area contributed by atoms with Crippen LogP contribution in [0.15, 0.2) is 53.4 Å².